The summed E-state index contributed by atoms with van der Waals surface area (Å²) in [6.45, 7) is 0. The van der Waals surface area contributed by atoms with Gasteiger partial charge < -0.3 is 0 Å². The molecule has 1 heterocycles. The number of halogens is 2. The zero-order valence-electron chi connectivity index (χ0n) is 7.99. The summed E-state index contributed by atoms with van der Waals surface area (Å²) in [5, 5.41) is 2.15. The van der Waals surface area contributed by atoms with E-state index in [-0.39, 0.29) is 5.38 Å². The zero-order valence-corrected chi connectivity index (χ0v) is 11.1. The number of hydrogen-bond donors (Lipinski definition) is 0. The Balaban J connectivity index is 2.08. The fourth-order valence-electron chi connectivity index (χ4n) is 1.39. The van der Waals surface area contributed by atoms with E-state index in [0.29, 0.717) is 0 Å². The minimum Gasteiger partial charge on any atom is -0.149 e. The molecule has 0 N–H and O–H groups in total. The molecule has 0 aliphatic carbocycles. The maximum atomic E-state index is 6.34. The number of thiophene rings is 1. The van der Waals surface area contributed by atoms with Crippen molar-refractivity contribution in [2.45, 2.75) is 11.8 Å². The molecule has 0 spiro atoms. The van der Waals surface area contributed by atoms with Crippen molar-refractivity contribution in [3.05, 3.63) is 56.7 Å². The Bertz CT molecular complexity index is 408. The van der Waals surface area contributed by atoms with Gasteiger partial charge in [0.25, 0.3) is 0 Å². The van der Waals surface area contributed by atoms with E-state index in [1.54, 1.807) is 11.3 Å². The summed E-state index contributed by atoms with van der Waals surface area (Å²) in [6, 6.07) is 12.4. The Morgan fingerprint density at radius 2 is 1.93 bits per heavy atom. The van der Waals surface area contributed by atoms with Gasteiger partial charge in [0.1, 0.15) is 0 Å². The van der Waals surface area contributed by atoms with Crippen LogP contribution in [0.1, 0.15) is 15.8 Å². The predicted molar refractivity (Wildman–Crippen MR) is 70.8 cm³/mol. The van der Waals surface area contributed by atoms with Crippen LogP contribution < -0.4 is 0 Å². The first-order chi connectivity index (χ1) is 7.25. The summed E-state index contributed by atoms with van der Waals surface area (Å²) in [7, 11) is 0. The van der Waals surface area contributed by atoms with Gasteiger partial charge in [-0.3, -0.25) is 0 Å². The lowest BCUT2D eigenvalue weighted by molar-refractivity contribution is 0.937. The van der Waals surface area contributed by atoms with Crippen LogP contribution >= 0.6 is 38.9 Å². The molecule has 0 radical (unpaired) electrons. The van der Waals surface area contributed by atoms with Crippen molar-refractivity contribution in [3.63, 3.8) is 0 Å². The number of rotatable bonds is 3. The van der Waals surface area contributed by atoms with E-state index in [1.165, 1.54) is 10.4 Å². The largest absolute Gasteiger partial charge is 0.149 e. The standard InChI is InChI=1S/C12H10BrClS/c13-10-5-3-9(4-6-10)12(14)8-11-2-1-7-15-11/h1-7,12H,8H2. The summed E-state index contributed by atoms with van der Waals surface area (Å²) in [5.74, 6) is 0. The highest BCUT2D eigenvalue weighted by molar-refractivity contribution is 9.10. The fraction of sp³-hybridized carbons (Fsp3) is 0.167. The fourth-order valence-corrected chi connectivity index (χ4v) is 2.81. The predicted octanol–water partition coefficient (Wildman–Crippen LogP) is 5.03. The van der Waals surface area contributed by atoms with Crippen LogP contribution in [0.2, 0.25) is 0 Å². The van der Waals surface area contributed by atoms with Crippen molar-refractivity contribution in [2.24, 2.45) is 0 Å². The average molecular weight is 302 g/mol. The Labute approximate surface area is 107 Å². The van der Waals surface area contributed by atoms with E-state index < -0.39 is 0 Å². The molecule has 1 unspecified atom stereocenters. The minimum absolute atomic E-state index is 0.0664. The molecule has 3 heteroatoms. The lowest BCUT2D eigenvalue weighted by Gasteiger charge is -2.08. The number of hydrogen-bond acceptors (Lipinski definition) is 1. The molecule has 0 nitrogen and oxygen atoms in total. The molecule has 78 valence electrons. The molecule has 0 aliphatic heterocycles. The van der Waals surface area contributed by atoms with Crippen LogP contribution in [0.5, 0.6) is 0 Å². The summed E-state index contributed by atoms with van der Waals surface area (Å²) in [6.07, 6.45) is 0.904. The molecule has 2 rings (SSSR count). The maximum absolute atomic E-state index is 6.34. The van der Waals surface area contributed by atoms with Gasteiger partial charge in [0.2, 0.25) is 0 Å². The van der Waals surface area contributed by atoms with E-state index >= 15 is 0 Å². The third-order valence-corrected chi connectivity index (χ3v) is 4.03. The third kappa shape index (κ3) is 3.07. The van der Waals surface area contributed by atoms with Gasteiger partial charge in [-0.05, 0) is 29.1 Å². The summed E-state index contributed by atoms with van der Waals surface area (Å²) < 4.78 is 1.09. The van der Waals surface area contributed by atoms with E-state index in [2.05, 4.69) is 45.6 Å². The highest BCUT2D eigenvalue weighted by Gasteiger charge is 2.09. The molecule has 0 fully saturated rings. The van der Waals surface area contributed by atoms with E-state index in [9.17, 15) is 0 Å². The van der Waals surface area contributed by atoms with Gasteiger partial charge in [0.05, 0.1) is 5.38 Å². The minimum atomic E-state index is 0.0664. The van der Waals surface area contributed by atoms with Gasteiger partial charge in [-0.1, -0.05) is 34.1 Å². The van der Waals surface area contributed by atoms with Crippen LogP contribution in [0.4, 0.5) is 0 Å². The molecule has 0 amide bonds. The van der Waals surface area contributed by atoms with E-state index in [4.69, 9.17) is 11.6 Å². The van der Waals surface area contributed by atoms with Gasteiger partial charge in [0, 0.05) is 15.8 Å². The smallest absolute Gasteiger partial charge is 0.0633 e. The summed E-state index contributed by atoms with van der Waals surface area (Å²) in [4.78, 5) is 1.33. The lowest BCUT2D eigenvalue weighted by Crippen LogP contribution is -1.93. The molecule has 15 heavy (non-hydrogen) atoms. The van der Waals surface area contributed by atoms with Crippen molar-refractivity contribution >= 4 is 38.9 Å². The van der Waals surface area contributed by atoms with Crippen LogP contribution in [-0.4, -0.2) is 0 Å². The normalized spacial score (nSPS) is 12.7. The van der Waals surface area contributed by atoms with Crippen LogP contribution in [0, 0.1) is 0 Å². The van der Waals surface area contributed by atoms with Crippen LogP contribution in [0.25, 0.3) is 0 Å². The highest BCUT2D eigenvalue weighted by atomic mass is 79.9. The second kappa shape index (κ2) is 5.15. The maximum Gasteiger partial charge on any atom is 0.0633 e. The first-order valence-corrected chi connectivity index (χ1v) is 6.78. The Morgan fingerprint density at radius 1 is 1.20 bits per heavy atom. The van der Waals surface area contributed by atoms with Gasteiger partial charge >= 0.3 is 0 Å². The molecule has 0 saturated carbocycles. The van der Waals surface area contributed by atoms with Crippen LogP contribution in [0.3, 0.4) is 0 Å². The molecular formula is C12H10BrClS. The first kappa shape index (κ1) is 11.2. The molecule has 2 aromatic rings. The highest BCUT2D eigenvalue weighted by Crippen LogP contribution is 2.27. The topological polar surface area (TPSA) is 0 Å². The van der Waals surface area contributed by atoms with Crippen molar-refractivity contribution in [1.82, 2.24) is 0 Å². The van der Waals surface area contributed by atoms with Gasteiger partial charge in [-0.2, -0.15) is 0 Å². The first-order valence-electron chi connectivity index (χ1n) is 4.67. The molecule has 1 atom stereocenters. The van der Waals surface area contributed by atoms with Crippen LogP contribution in [-0.2, 0) is 6.42 Å². The van der Waals surface area contributed by atoms with E-state index in [0.717, 1.165) is 10.9 Å². The Hall–Kier alpha value is -0.310. The summed E-state index contributed by atoms with van der Waals surface area (Å²) >= 11 is 11.5. The van der Waals surface area contributed by atoms with Crippen molar-refractivity contribution in [2.75, 3.05) is 0 Å². The molecule has 0 saturated heterocycles. The second-order valence-corrected chi connectivity index (χ2v) is 5.78. The Kier molecular flexibility index (Phi) is 3.84. The zero-order chi connectivity index (χ0) is 10.7. The quantitative estimate of drug-likeness (QED) is 0.697. The van der Waals surface area contributed by atoms with Gasteiger partial charge in [-0.25, -0.2) is 0 Å². The summed E-state index contributed by atoms with van der Waals surface area (Å²) in [5.41, 5.74) is 1.17. The molecule has 1 aromatic heterocycles. The lowest BCUT2D eigenvalue weighted by atomic mass is 10.1. The third-order valence-electron chi connectivity index (χ3n) is 2.19. The molecule has 0 bridgehead atoms. The van der Waals surface area contributed by atoms with Crippen molar-refractivity contribution in [3.8, 4) is 0 Å². The second-order valence-electron chi connectivity index (χ2n) is 3.30. The molecule has 0 aliphatic rings. The number of alkyl halides is 1. The molecule has 1 aromatic carbocycles. The van der Waals surface area contributed by atoms with E-state index in [1.807, 2.05) is 12.1 Å². The van der Waals surface area contributed by atoms with Gasteiger partial charge in [-0.15, -0.1) is 22.9 Å². The SMILES string of the molecule is ClC(Cc1cccs1)c1ccc(Br)cc1. The monoisotopic (exact) mass is 300 g/mol. The Morgan fingerprint density at radius 3 is 2.53 bits per heavy atom. The van der Waals surface area contributed by atoms with Crippen LogP contribution in [0.15, 0.2) is 46.3 Å². The number of benzene rings is 1. The van der Waals surface area contributed by atoms with Crippen molar-refractivity contribution < 1.29 is 0 Å². The van der Waals surface area contributed by atoms with Crippen molar-refractivity contribution in [1.29, 1.82) is 0 Å². The van der Waals surface area contributed by atoms with Gasteiger partial charge in [0.15, 0.2) is 0 Å². The average Bonchev–Trinajstić information content (AvgIpc) is 2.71. The molecular weight excluding hydrogens is 292 g/mol.